The highest BCUT2D eigenvalue weighted by Crippen LogP contribution is 2.25. The average molecular weight is 260 g/mol. The van der Waals surface area contributed by atoms with Gasteiger partial charge in [-0.05, 0) is 6.92 Å². The van der Waals surface area contributed by atoms with Crippen LogP contribution in [0, 0.1) is 6.92 Å². The lowest BCUT2D eigenvalue weighted by Gasteiger charge is -2.10. The molecule has 0 spiro atoms. The Morgan fingerprint density at radius 2 is 2.22 bits per heavy atom. The summed E-state index contributed by atoms with van der Waals surface area (Å²) in [4.78, 5) is 12.5. The molecule has 18 heavy (non-hydrogen) atoms. The normalized spacial score (nSPS) is 19.3. The van der Waals surface area contributed by atoms with Crippen molar-refractivity contribution >= 4 is 11.5 Å². The average Bonchev–Trinajstić information content (AvgIpc) is 2.74. The molecule has 1 aliphatic rings. The first-order chi connectivity index (χ1) is 8.45. The van der Waals surface area contributed by atoms with Crippen LogP contribution in [0.1, 0.15) is 12.1 Å². The van der Waals surface area contributed by atoms with Crippen molar-refractivity contribution in [3.8, 4) is 0 Å². The van der Waals surface area contributed by atoms with Crippen molar-refractivity contribution in [2.45, 2.75) is 25.6 Å². The maximum Gasteiger partial charge on any atom is 0.432 e. The van der Waals surface area contributed by atoms with E-state index in [9.17, 15) is 13.2 Å². The second-order valence-electron chi connectivity index (χ2n) is 3.89. The third-order valence-corrected chi connectivity index (χ3v) is 2.37. The van der Waals surface area contributed by atoms with E-state index < -0.39 is 18.0 Å². The number of aryl methyl sites for hydroxylation is 1. The molecule has 5 nitrogen and oxygen atoms in total. The topological polar surface area (TPSA) is 59.4 Å². The van der Waals surface area contributed by atoms with Gasteiger partial charge in [-0.2, -0.15) is 13.2 Å². The van der Waals surface area contributed by atoms with E-state index in [4.69, 9.17) is 4.84 Å². The first-order valence-corrected chi connectivity index (χ1v) is 5.27. The molecule has 8 heteroatoms. The van der Waals surface area contributed by atoms with Gasteiger partial charge in [0.25, 0.3) is 0 Å². The van der Waals surface area contributed by atoms with Gasteiger partial charge in [-0.3, -0.25) is 0 Å². The molecule has 0 fully saturated rings. The van der Waals surface area contributed by atoms with Crippen LogP contribution in [-0.4, -0.2) is 34.5 Å². The number of oxime groups is 1. The van der Waals surface area contributed by atoms with Crippen molar-refractivity contribution < 1.29 is 18.0 Å². The van der Waals surface area contributed by atoms with Gasteiger partial charge in [-0.1, -0.05) is 5.16 Å². The molecule has 1 N–H and O–H groups in total. The van der Waals surface area contributed by atoms with Crippen molar-refractivity contribution in [3.05, 3.63) is 18.1 Å². The summed E-state index contributed by atoms with van der Waals surface area (Å²) >= 11 is 0. The fourth-order valence-electron chi connectivity index (χ4n) is 1.47. The van der Waals surface area contributed by atoms with Crippen molar-refractivity contribution in [1.29, 1.82) is 0 Å². The maximum atomic E-state index is 12.3. The van der Waals surface area contributed by atoms with E-state index in [1.54, 1.807) is 13.0 Å². The molecular formula is C10H11F3N4O. The lowest BCUT2D eigenvalue weighted by atomic mass is 10.2. The van der Waals surface area contributed by atoms with Crippen molar-refractivity contribution in [2.75, 3.05) is 11.9 Å². The maximum absolute atomic E-state index is 12.3. The Balaban J connectivity index is 1.84. The molecule has 0 radical (unpaired) electrons. The van der Waals surface area contributed by atoms with Gasteiger partial charge in [0.2, 0.25) is 0 Å². The highest BCUT2D eigenvalue weighted by molar-refractivity contribution is 5.90. The number of hydrogen-bond acceptors (Lipinski definition) is 5. The Hall–Kier alpha value is -1.86. The molecule has 2 rings (SSSR count). The third kappa shape index (κ3) is 3.08. The number of halogens is 3. The van der Waals surface area contributed by atoms with E-state index in [1.165, 1.54) is 6.33 Å². The van der Waals surface area contributed by atoms with Crippen LogP contribution in [0.25, 0.3) is 0 Å². The summed E-state index contributed by atoms with van der Waals surface area (Å²) in [7, 11) is 0. The number of rotatable bonds is 3. The summed E-state index contributed by atoms with van der Waals surface area (Å²) in [6.07, 6.45) is -3.91. The number of nitrogens with one attached hydrogen (secondary N) is 1. The van der Waals surface area contributed by atoms with Crippen molar-refractivity contribution in [1.82, 2.24) is 9.97 Å². The zero-order valence-electron chi connectivity index (χ0n) is 9.53. The SMILES string of the molecule is Cc1cc(NCC2CC(C(F)(F)F)=NO2)ncn1. The van der Waals surface area contributed by atoms with Gasteiger partial charge in [0, 0.05) is 18.2 Å². The highest BCUT2D eigenvalue weighted by Gasteiger charge is 2.41. The van der Waals surface area contributed by atoms with Crippen LogP contribution < -0.4 is 5.32 Å². The standard InChI is InChI=1S/C10H11F3N4O/c1-6-2-9(16-5-15-6)14-4-7-3-8(17-18-7)10(11,12)13/h2,5,7H,3-4H2,1H3,(H,14,15,16). The molecule has 0 aromatic carbocycles. The smallest absolute Gasteiger partial charge is 0.390 e. The minimum Gasteiger partial charge on any atom is -0.390 e. The van der Waals surface area contributed by atoms with Gasteiger partial charge in [-0.15, -0.1) is 0 Å². The summed E-state index contributed by atoms with van der Waals surface area (Å²) in [6.45, 7) is 2.00. The van der Waals surface area contributed by atoms with E-state index in [0.717, 1.165) is 5.69 Å². The van der Waals surface area contributed by atoms with E-state index in [2.05, 4.69) is 20.4 Å². The quantitative estimate of drug-likeness (QED) is 0.901. The van der Waals surface area contributed by atoms with Gasteiger partial charge in [0.1, 0.15) is 18.2 Å². The fourth-order valence-corrected chi connectivity index (χ4v) is 1.47. The minimum absolute atomic E-state index is 0.208. The first kappa shape index (κ1) is 12.6. The van der Waals surface area contributed by atoms with E-state index in [0.29, 0.717) is 5.82 Å². The van der Waals surface area contributed by atoms with Gasteiger partial charge in [0.05, 0.1) is 6.54 Å². The summed E-state index contributed by atoms with van der Waals surface area (Å²) < 4.78 is 36.9. The fraction of sp³-hybridized carbons (Fsp3) is 0.500. The molecule has 0 bridgehead atoms. The van der Waals surface area contributed by atoms with Crippen LogP contribution in [-0.2, 0) is 4.84 Å². The minimum atomic E-state index is -4.42. The second-order valence-corrected chi connectivity index (χ2v) is 3.89. The second kappa shape index (κ2) is 4.79. The lowest BCUT2D eigenvalue weighted by molar-refractivity contribution is -0.0604. The Morgan fingerprint density at radius 1 is 1.44 bits per heavy atom. The lowest BCUT2D eigenvalue weighted by Crippen LogP contribution is -2.26. The number of anilines is 1. The summed E-state index contributed by atoms with van der Waals surface area (Å²) in [5, 5.41) is 5.92. The molecule has 0 amide bonds. The molecule has 1 aromatic heterocycles. The monoisotopic (exact) mass is 260 g/mol. The number of aromatic nitrogens is 2. The van der Waals surface area contributed by atoms with E-state index in [1.807, 2.05) is 0 Å². The Bertz CT molecular complexity index is 461. The largest absolute Gasteiger partial charge is 0.432 e. The van der Waals surface area contributed by atoms with E-state index in [-0.39, 0.29) is 13.0 Å². The molecular weight excluding hydrogens is 249 g/mol. The highest BCUT2D eigenvalue weighted by atomic mass is 19.4. The Labute approximate surface area is 101 Å². The van der Waals surface area contributed by atoms with Crippen molar-refractivity contribution in [3.63, 3.8) is 0 Å². The molecule has 98 valence electrons. The Kier molecular flexibility index (Phi) is 3.35. The van der Waals surface area contributed by atoms with Crippen LogP contribution in [0.4, 0.5) is 19.0 Å². The first-order valence-electron chi connectivity index (χ1n) is 5.27. The Morgan fingerprint density at radius 3 is 2.83 bits per heavy atom. The zero-order chi connectivity index (χ0) is 13.2. The molecule has 2 heterocycles. The van der Waals surface area contributed by atoms with Crippen LogP contribution in [0.5, 0.6) is 0 Å². The zero-order valence-corrected chi connectivity index (χ0v) is 9.53. The van der Waals surface area contributed by atoms with Crippen LogP contribution in [0.3, 0.4) is 0 Å². The molecule has 0 saturated heterocycles. The number of nitrogens with zero attached hydrogens (tertiary/aromatic N) is 3. The predicted octanol–water partition coefficient (Wildman–Crippen LogP) is 1.90. The summed E-state index contributed by atoms with van der Waals surface area (Å²) in [5.74, 6) is 0.548. The van der Waals surface area contributed by atoms with Gasteiger partial charge < -0.3 is 10.2 Å². The molecule has 0 aliphatic carbocycles. The van der Waals surface area contributed by atoms with Crippen molar-refractivity contribution in [2.24, 2.45) is 5.16 Å². The van der Waals surface area contributed by atoms with Gasteiger partial charge >= 0.3 is 6.18 Å². The van der Waals surface area contributed by atoms with Crippen LogP contribution in [0.15, 0.2) is 17.5 Å². The van der Waals surface area contributed by atoms with Crippen LogP contribution in [0.2, 0.25) is 0 Å². The molecule has 1 unspecified atom stereocenters. The van der Waals surface area contributed by atoms with Gasteiger partial charge in [0.15, 0.2) is 5.71 Å². The summed E-state index contributed by atoms with van der Waals surface area (Å²) in [5.41, 5.74) is -0.111. The number of hydrogen-bond donors (Lipinski definition) is 1. The van der Waals surface area contributed by atoms with Gasteiger partial charge in [-0.25, -0.2) is 9.97 Å². The molecule has 1 aromatic rings. The number of alkyl halides is 3. The third-order valence-electron chi connectivity index (χ3n) is 2.37. The molecule has 0 saturated carbocycles. The molecule has 1 atom stereocenters. The molecule has 1 aliphatic heterocycles. The predicted molar refractivity (Wildman–Crippen MR) is 58.2 cm³/mol. The van der Waals surface area contributed by atoms with E-state index >= 15 is 0 Å². The van der Waals surface area contributed by atoms with Crippen LogP contribution >= 0.6 is 0 Å². The summed E-state index contributed by atoms with van der Waals surface area (Å²) in [6, 6.07) is 1.69.